The Labute approximate surface area is 117 Å². The molecule has 0 spiro atoms. The SMILES string of the molecule is Cc1ccc(C)c(C(C)Nc2ccc(Br)nc2)c1. The minimum Gasteiger partial charge on any atom is -0.377 e. The zero-order chi connectivity index (χ0) is 13.1. The van der Waals surface area contributed by atoms with E-state index in [9.17, 15) is 0 Å². The van der Waals surface area contributed by atoms with E-state index < -0.39 is 0 Å². The van der Waals surface area contributed by atoms with Crippen LogP contribution < -0.4 is 5.32 Å². The molecule has 0 bridgehead atoms. The molecule has 0 amide bonds. The van der Waals surface area contributed by atoms with Crippen LogP contribution in [0.2, 0.25) is 0 Å². The first-order valence-corrected chi connectivity index (χ1v) is 6.81. The molecular weight excluding hydrogens is 288 g/mol. The number of benzene rings is 1. The number of halogens is 1. The summed E-state index contributed by atoms with van der Waals surface area (Å²) in [6.45, 7) is 6.44. The number of hydrogen-bond acceptors (Lipinski definition) is 2. The van der Waals surface area contributed by atoms with Gasteiger partial charge in [0.05, 0.1) is 11.9 Å². The van der Waals surface area contributed by atoms with E-state index >= 15 is 0 Å². The van der Waals surface area contributed by atoms with Crippen LogP contribution in [0.1, 0.15) is 29.7 Å². The molecule has 0 saturated heterocycles. The summed E-state index contributed by atoms with van der Waals surface area (Å²) in [5.41, 5.74) is 4.97. The minimum absolute atomic E-state index is 0.271. The number of pyridine rings is 1. The van der Waals surface area contributed by atoms with Gasteiger partial charge in [0.15, 0.2) is 0 Å². The summed E-state index contributed by atoms with van der Waals surface area (Å²) in [5, 5.41) is 3.47. The number of rotatable bonds is 3. The molecule has 2 nitrogen and oxygen atoms in total. The fraction of sp³-hybridized carbons (Fsp3) is 0.267. The lowest BCUT2D eigenvalue weighted by molar-refractivity contribution is 0.870. The highest BCUT2D eigenvalue weighted by molar-refractivity contribution is 9.10. The van der Waals surface area contributed by atoms with Crippen LogP contribution in [0.4, 0.5) is 5.69 Å². The van der Waals surface area contributed by atoms with Crippen LogP contribution in [0, 0.1) is 13.8 Å². The lowest BCUT2D eigenvalue weighted by atomic mass is 10.00. The van der Waals surface area contributed by atoms with Crippen molar-refractivity contribution in [2.24, 2.45) is 0 Å². The topological polar surface area (TPSA) is 24.9 Å². The van der Waals surface area contributed by atoms with E-state index in [0.29, 0.717) is 0 Å². The Hall–Kier alpha value is -1.35. The molecule has 1 N–H and O–H groups in total. The molecule has 1 aromatic heterocycles. The number of nitrogens with zero attached hydrogens (tertiary/aromatic N) is 1. The third-order valence-electron chi connectivity index (χ3n) is 3.01. The van der Waals surface area contributed by atoms with Crippen molar-refractivity contribution in [3.8, 4) is 0 Å². The Morgan fingerprint density at radius 1 is 1.17 bits per heavy atom. The average molecular weight is 305 g/mol. The Bertz CT molecular complexity index is 535. The molecule has 2 rings (SSSR count). The van der Waals surface area contributed by atoms with Crippen molar-refractivity contribution in [2.75, 3.05) is 5.32 Å². The normalized spacial score (nSPS) is 12.2. The molecule has 94 valence electrons. The van der Waals surface area contributed by atoms with E-state index in [-0.39, 0.29) is 6.04 Å². The van der Waals surface area contributed by atoms with Crippen molar-refractivity contribution < 1.29 is 0 Å². The monoisotopic (exact) mass is 304 g/mol. The van der Waals surface area contributed by atoms with Crippen LogP contribution in [0.15, 0.2) is 41.1 Å². The van der Waals surface area contributed by atoms with Crippen molar-refractivity contribution in [3.05, 3.63) is 57.8 Å². The molecule has 1 heterocycles. The number of hydrogen-bond donors (Lipinski definition) is 1. The maximum absolute atomic E-state index is 4.22. The van der Waals surface area contributed by atoms with Gasteiger partial charge >= 0.3 is 0 Å². The Morgan fingerprint density at radius 3 is 2.61 bits per heavy atom. The van der Waals surface area contributed by atoms with Gasteiger partial charge in [0.2, 0.25) is 0 Å². The van der Waals surface area contributed by atoms with Gasteiger partial charge in [0.25, 0.3) is 0 Å². The zero-order valence-corrected chi connectivity index (χ0v) is 12.5. The van der Waals surface area contributed by atoms with Crippen LogP contribution in [0.3, 0.4) is 0 Å². The van der Waals surface area contributed by atoms with Crippen molar-refractivity contribution in [3.63, 3.8) is 0 Å². The van der Waals surface area contributed by atoms with Gasteiger partial charge in [-0.2, -0.15) is 0 Å². The molecule has 0 aliphatic carbocycles. The highest BCUT2D eigenvalue weighted by Gasteiger charge is 2.08. The third kappa shape index (κ3) is 3.10. The molecule has 1 unspecified atom stereocenters. The first kappa shape index (κ1) is 13.1. The molecule has 3 heteroatoms. The van der Waals surface area contributed by atoms with Gasteiger partial charge in [-0.15, -0.1) is 0 Å². The number of anilines is 1. The van der Waals surface area contributed by atoms with Crippen LogP contribution in [-0.2, 0) is 0 Å². The van der Waals surface area contributed by atoms with Gasteiger partial charge in [-0.1, -0.05) is 23.8 Å². The highest BCUT2D eigenvalue weighted by Crippen LogP contribution is 2.23. The predicted molar refractivity (Wildman–Crippen MR) is 79.9 cm³/mol. The molecule has 0 radical (unpaired) electrons. The molecule has 1 aromatic carbocycles. The predicted octanol–water partition coefficient (Wildman–Crippen LogP) is 4.63. The molecule has 18 heavy (non-hydrogen) atoms. The summed E-state index contributed by atoms with van der Waals surface area (Å²) in [5.74, 6) is 0. The standard InChI is InChI=1S/C15H17BrN2/c1-10-4-5-11(2)14(8-10)12(3)18-13-6-7-15(16)17-9-13/h4-9,12,18H,1-3H3. The molecule has 0 fully saturated rings. The number of aryl methyl sites for hydroxylation is 2. The second-order valence-electron chi connectivity index (χ2n) is 4.60. The van der Waals surface area contributed by atoms with E-state index in [4.69, 9.17) is 0 Å². The van der Waals surface area contributed by atoms with E-state index in [2.05, 4.69) is 65.2 Å². The van der Waals surface area contributed by atoms with Crippen LogP contribution in [-0.4, -0.2) is 4.98 Å². The fourth-order valence-corrected chi connectivity index (χ4v) is 2.25. The van der Waals surface area contributed by atoms with Crippen LogP contribution in [0.5, 0.6) is 0 Å². The van der Waals surface area contributed by atoms with E-state index in [1.165, 1.54) is 16.7 Å². The third-order valence-corrected chi connectivity index (χ3v) is 3.48. The first-order valence-electron chi connectivity index (χ1n) is 6.01. The second kappa shape index (κ2) is 5.53. The van der Waals surface area contributed by atoms with Crippen LogP contribution >= 0.6 is 15.9 Å². The summed E-state index contributed by atoms with van der Waals surface area (Å²) in [4.78, 5) is 4.22. The van der Waals surface area contributed by atoms with Gasteiger partial charge in [0.1, 0.15) is 4.60 Å². The average Bonchev–Trinajstić information content (AvgIpc) is 2.35. The summed E-state index contributed by atoms with van der Waals surface area (Å²) in [6, 6.07) is 10.8. The maximum atomic E-state index is 4.22. The van der Waals surface area contributed by atoms with Crippen molar-refractivity contribution in [2.45, 2.75) is 26.8 Å². The molecule has 1 atom stereocenters. The molecule has 0 saturated carbocycles. The van der Waals surface area contributed by atoms with E-state index in [1.807, 2.05) is 18.3 Å². The fourth-order valence-electron chi connectivity index (χ4n) is 2.02. The van der Waals surface area contributed by atoms with Gasteiger partial charge < -0.3 is 5.32 Å². The Balaban J connectivity index is 2.18. The first-order chi connectivity index (χ1) is 8.56. The maximum Gasteiger partial charge on any atom is 0.106 e. The smallest absolute Gasteiger partial charge is 0.106 e. The quantitative estimate of drug-likeness (QED) is 0.836. The van der Waals surface area contributed by atoms with Crippen molar-refractivity contribution in [1.29, 1.82) is 0 Å². The molecule has 2 aromatic rings. The van der Waals surface area contributed by atoms with E-state index in [0.717, 1.165) is 10.3 Å². The molecular formula is C15H17BrN2. The Kier molecular flexibility index (Phi) is 4.02. The lowest BCUT2D eigenvalue weighted by Gasteiger charge is -2.18. The van der Waals surface area contributed by atoms with Crippen molar-refractivity contribution >= 4 is 21.6 Å². The molecule has 0 aliphatic heterocycles. The Morgan fingerprint density at radius 2 is 1.94 bits per heavy atom. The van der Waals surface area contributed by atoms with Gasteiger partial charge in [-0.25, -0.2) is 4.98 Å². The van der Waals surface area contributed by atoms with Gasteiger partial charge in [-0.3, -0.25) is 0 Å². The van der Waals surface area contributed by atoms with Crippen molar-refractivity contribution in [1.82, 2.24) is 4.98 Å². The highest BCUT2D eigenvalue weighted by atomic mass is 79.9. The summed E-state index contributed by atoms with van der Waals surface area (Å²) in [7, 11) is 0. The van der Waals surface area contributed by atoms with Gasteiger partial charge in [0, 0.05) is 6.04 Å². The number of nitrogens with one attached hydrogen (secondary N) is 1. The van der Waals surface area contributed by atoms with E-state index in [1.54, 1.807) is 0 Å². The molecule has 0 aliphatic rings. The summed E-state index contributed by atoms with van der Waals surface area (Å²) in [6.07, 6.45) is 1.84. The van der Waals surface area contributed by atoms with Crippen LogP contribution in [0.25, 0.3) is 0 Å². The largest absolute Gasteiger partial charge is 0.377 e. The minimum atomic E-state index is 0.271. The summed E-state index contributed by atoms with van der Waals surface area (Å²) >= 11 is 3.34. The summed E-state index contributed by atoms with van der Waals surface area (Å²) < 4.78 is 0.854. The number of aromatic nitrogens is 1. The second-order valence-corrected chi connectivity index (χ2v) is 5.41. The van der Waals surface area contributed by atoms with Gasteiger partial charge in [-0.05, 0) is 60.0 Å². The zero-order valence-electron chi connectivity index (χ0n) is 10.9. The lowest BCUT2D eigenvalue weighted by Crippen LogP contribution is -2.08.